The van der Waals surface area contributed by atoms with Crippen molar-refractivity contribution >= 4 is 11.9 Å². The van der Waals surface area contributed by atoms with Gasteiger partial charge in [0.1, 0.15) is 0 Å². The van der Waals surface area contributed by atoms with Crippen molar-refractivity contribution < 1.29 is 14.7 Å². The van der Waals surface area contributed by atoms with Crippen molar-refractivity contribution in [3.05, 3.63) is 0 Å². The standard InChI is InChI=1S/C15H26N2O3/c1-2-3-11-4-6-12(7-5-11)17-9-8-16-15(20)13(17)10-14(18)19/h11-13H,2-10H2,1H3,(H,16,20)(H,18,19). The van der Waals surface area contributed by atoms with Crippen molar-refractivity contribution in [2.45, 2.75) is 64.0 Å². The molecule has 1 saturated heterocycles. The van der Waals surface area contributed by atoms with Crippen LogP contribution in [0.1, 0.15) is 51.9 Å². The Kier molecular flexibility index (Phi) is 5.40. The Balaban J connectivity index is 1.95. The predicted molar refractivity (Wildman–Crippen MR) is 76.4 cm³/mol. The van der Waals surface area contributed by atoms with Crippen LogP contribution in [0.4, 0.5) is 0 Å². The van der Waals surface area contributed by atoms with Crippen molar-refractivity contribution in [3.63, 3.8) is 0 Å². The van der Waals surface area contributed by atoms with Gasteiger partial charge in [0.15, 0.2) is 0 Å². The highest BCUT2D eigenvalue weighted by Crippen LogP contribution is 2.32. The van der Waals surface area contributed by atoms with Gasteiger partial charge in [0.05, 0.1) is 12.5 Å². The summed E-state index contributed by atoms with van der Waals surface area (Å²) in [6.45, 7) is 3.65. The van der Waals surface area contributed by atoms with Crippen molar-refractivity contribution in [3.8, 4) is 0 Å². The van der Waals surface area contributed by atoms with Gasteiger partial charge in [0.2, 0.25) is 5.91 Å². The Hall–Kier alpha value is -1.10. The quantitative estimate of drug-likeness (QED) is 0.804. The van der Waals surface area contributed by atoms with Crippen LogP contribution in [0.2, 0.25) is 0 Å². The fraction of sp³-hybridized carbons (Fsp3) is 0.867. The Labute approximate surface area is 120 Å². The smallest absolute Gasteiger partial charge is 0.305 e. The second kappa shape index (κ2) is 7.07. The number of amides is 1. The van der Waals surface area contributed by atoms with Crippen LogP contribution in [-0.2, 0) is 9.59 Å². The highest BCUT2D eigenvalue weighted by Gasteiger charge is 2.37. The number of carbonyl (C=O) groups is 2. The summed E-state index contributed by atoms with van der Waals surface area (Å²) < 4.78 is 0. The highest BCUT2D eigenvalue weighted by molar-refractivity contribution is 5.86. The number of hydrogen-bond donors (Lipinski definition) is 2. The highest BCUT2D eigenvalue weighted by atomic mass is 16.4. The van der Waals surface area contributed by atoms with E-state index in [1.54, 1.807) is 0 Å². The first-order valence-corrected chi connectivity index (χ1v) is 7.87. The van der Waals surface area contributed by atoms with Crippen LogP contribution in [0.5, 0.6) is 0 Å². The number of aliphatic carboxylic acids is 1. The van der Waals surface area contributed by atoms with E-state index in [2.05, 4.69) is 17.1 Å². The lowest BCUT2D eigenvalue weighted by atomic mass is 9.82. The van der Waals surface area contributed by atoms with Crippen LogP contribution in [0.15, 0.2) is 0 Å². The fourth-order valence-electron chi connectivity index (χ4n) is 3.72. The molecule has 0 bridgehead atoms. The first kappa shape index (κ1) is 15.3. The molecule has 5 heteroatoms. The van der Waals surface area contributed by atoms with Crippen molar-refractivity contribution in [1.29, 1.82) is 0 Å². The number of piperazine rings is 1. The van der Waals surface area contributed by atoms with Gasteiger partial charge in [0, 0.05) is 19.1 Å². The summed E-state index contributed by atoms with van der Waals surface area (Å²) in [6.07, 6.45) is 7.10. The summed E-state index contributed by atoms with van der Waals surface area (Å²) in [5, 5.41) is 11.8. The largest absolute Gasteiger partial charge is 0.481 e. The van der Waals surface area contributed by atoms with Gasteiger partial charge in [-0.2, -0.15) is 0 Å². The average molecular weight is 282 g/mol. The zero-order valence-corrected chi connectivity index (χ0v) is 12.3. The van der Waals surface area contributed by atoms with Crippen molar-refractivity contribution in [1.82, 2.24) is 10.2 Å². The summed E-state index contributed by atoms with van der Waals surface area (Å²) >= 11 is 0. The number of carbonyl (C=O) groups excluding carboxylic acids is 1. The fourth-order valence-corrected chi connectivity index (χ4v) is 3.72. The zero-order chi connectivity index (χ0) is 14.5. The van der Waals surface area contributed by atoms with Gasteiger partial charge < -0.3 is 10.4 Å². The molecule has 0 spiro atoms. The van der Waals surface area contributed by atoms with Crippen LogP contribution >= 0.6 is 0 Å². The number of carboxylic acid groups (broad SMARTS) is 1. The molecule has 2 rings (SSSR count). The molecule has 0 aromatic heterocycles. The van der Waals surface area contributed by atoms with E-state index in [1.165, 1.54) is 25.7 Å². The summed E-state index contributed by atoms with van der Waals surface area (Å²) in [7, 11) is 0. The van der Waals surface area contributed by atoms with E-state index in [1.807, 2.05) is 0 Å². The lowest BCUT2D eigenvalue weighted by Gasteiger charge is -2.42. The Bertz CT molecular complexity index is 351. The molecule has 0 aromatic rings. The molecule has 0 aromatic carbocycles. The number of nitrogens with one attached hydrogen (secondary N) is 1. The molecular weight excluding hydrogens is 256 g/mol. The second-order valence-electron chi connectivity index (χ2n) is 6.11. The zero-order valence-electron chi connectivity index (χ0n) is 12.3. The summed E-state index contributed by atoms with van der Waals surface area (Å²) in [5.74, 6) is -0.182. The monoisotopic (exact) mass is 282 g/mol. The molecule has 1 aliphatic carbocycles. The first-order valence-electron chi connectivity index (χ1n) is 7.87. The van der Waals surface area contributed by atoms with E-state index in [4.69, 9.17) is 5.11 Å². The van der Waals surface area contributed by atoms with Crippen LogP contribution < -0.4 is 5.32 Å². The van der Waals surface area contributed by atoms with Gasteiger partial charge in [-0.3, -0.25) is 14.5 Å². The molecule has 5 nitrogen and oxygen atoms in total. The summed E-state index contributed by atoms with van der Waals surface area (Å²) in [5.41, 5.74) is 0. The molecular formula is C15H26N2O3. The maximum absolute atomic E-state index is 11.9. The summed E-state index contributed by atoms with van der Waals surface area (Å²) in [4.78, 5) is 25.1. The average Bonchev–Trinajstić information content (AvgIpc) is 2.42. The van der Waals surface area contributed by atoms with E-state index < -0.39 is 12.0 Å². The van der Waals surface area contributed by atoms with Crippen molar-refractivity contribution in [2.75, 3.05) is 13.1 Å². The van der Waals surface area contributed by atoms with Crippen LogP contribution in [0.25, 0.3) is 0 Å². The van der Waals surface area contributed by atoms with E-state index in [0.717, 1.165) is 25.3 Å². The normalized spacial score (nSPS) is 31.9. The van der Waals surface area contributed by atoms with Gasteiger partial charge in [0.25, 0.3) is 0 Å². The lowest BCUT2D eigenvalue weighted by molar-refractivity contribution is -0.144. The molecule has 1 heterocycles. The van der Waals surface area contributed by atoms with E-state index in [-0.39, 0.29) is 12.3 Å². The van der Waals surface area contributed by atoms with E-state index >= 15 is 0 Å². The molecule has 1 atom stereocenters. The minimum Gasteiger partial charge on any atom is -0.481 e. The van der Waals surface area contributed by atoms with Crippen LogP contribution in [0, 0.1) is 5.92 Å². The third kappa shape index (κ3) is 3.72. The molecule has 1 aliphatic heterocycles. The summed E-state index contributed by atoms with van der Waals surface area (Å²) in [6, 6.07) is -0.0903. The predicted octanol–water partition coefficient (Wildman–Crippen LogP) is 1.62. The molecule has 2 fully saturated rings. The molecule has 20 heavy (non-hydrogen) atoms. The van der Waals surface area contributed by atoms with Gasteiger partial charge in [-0.05, 0) is 31.6 Å². The molecule has 1 unspecified atom stereocenters. The van der Waals surface area contributed by atoms with E-state index in [9.17, 15) is 9.59 Å². The first-order chi connectivity index (χ1) is 9.61. The number of carboxylic acids is 1. The Morgan fingerprint density at radius 3 is 2.65 bits per heavy atom. The molecule has 2 aliphatic rings. The Morgan fingerprint density at radius 1 is 1.35 bits per heavy atom. The van der Waals surface area contributed by atoms with Crippen LogP contribution in [0.3, 0.4) is 0 Å². The molecule has 0 radical (unpaired) electrons. The van der Waals surface area contributed by atoms with Crippen molar-refractivity contribution in [2.24, 2.45) is 5.92 Å². The third-order valence-corrected chi connectivity index (χ3v) is 4.72. The minimum absolute atomic E-state index is 0.0826. The number of rotatable bonds is 5. The van der Waals surface area contributed by atoms with Gasteiger partial charge in [-0.15, -0.1) is 0 Å². The van der Waals surface area contributed by atoms with Gasteiger partial charge >= 0.3 is 5.97 Å². The number of nitrogens with zero attached hydrogens (tertiary/aromatic N) is 1. The molecule has 2 N–H and O–H groups in total. The molecule has 114 valence electrons. The lowest BCUT2D eigenvalue weighted by Crippen LogP contribution is -2.59. The SMILES string of the molecule is CCCC1CCC(N2CCNC(=O)C2CC(=O)O)CC1. The van der Waals surface area contributed by atoms with Crippen LogP contribution in [-0.4, -0.2) is 47.1 Å². The molecule has 1 saturated carbocycles. The van der Waals surface area contributed by atoms with Gasteiger partial charge in [-0.25, -0.2) is 0 Å². The van der Waals surface area contributed by atoms with Gasteiger partial charge in [-0.1, -0.05) is 19.8 Å². The topological polar surface area (TPSA) is 69.6 Å². The maximum atomic E-state index is 11.9. The Morgan fingerprint density at radius 2 is 2.05 bits per heavy atom. The second-order valence-corrected chi connectivity index (χ2v) is 6.11. The number of hydrogen-bond acceptors (Lipinski definition) is 3. The maximum Gasteiger partial charge on any atom is 0.305 e. The third-order valence-electron chi connectivity index (χ3n) is 4.72. The minimum atomic E-state index is -0.892. The van der Waals surface area contributed by atoms with E-state index in [0.29, 0.717) is 12.6 Å². The molecule has 1 amide bonds.